The zero-order valence-corrected chi connectivity index (χ0v) is 30.0. The van der Waals surface area contributed by atoms with Crippen molar-refractivity contribution in [1.82, 2.24) is 28.5 Å². The Bertz CT molecular complexity index is 1750. The standard InChI is InChI=1S/C31H36F3N7O6S3/c1-5-45-20(2)25-26(21-8-10-31(11-9-21,47-17-15-44-4)30(42)46-16-14-43-3)38-27-23(19-37-40(27)29(25)41(49-33)50-34)22-6-7-24(36-18-22)28-35-12-13-39(28)48-32/h6-7,12-13,18-19,21H,2,5,8-11,14-17H2,1,3-4H3. The highest BCUT2D eigenvalue weighted by Gasteiger charge is 2.46. The number of hydrogen-bond donors (Lipinski definition) is 0. The van der Waals surface area contributed by atoms with Crippen LogP contribution in [0.5, 0.6) is 0 Å². The number of carbonyl (C=O) groups is 1. The lowest BCUT2D eigenvalue weighted by Crippen LogP contribution is -2.46. The van der Waals surface area contributed by atoms with Gasteiger partial charge in [0.25, 0.3) is 0 Å². The Hall–Kier alpha value is -3.49. The molecule has 0 spiro atoms. The molecule has 0 saturated heterocycles. The van der Waals surface area contributed by atoms with Crippen LogP contribution < -0.4 is 3.71 Å². The largest absolute Gasteiger partial charge is 0.494 e. The predicted molar refractivity (Wildman–Crippen MR) is 187 cm³/mol. The van der Waals surface area contributed by atoms with Gasteiger partial charge in [-0.05, 0) is 38.7 Å². The van der Waals surface area contributed by atoms with E-state index in [4.69, 9.17) is 28.7 Å². The Balaban J connectivity index is 1.59. The van der Waals surface area contributed by atoms with Gasteiger partial charge >= 0.3 is 5.97 Å². The van der Waals surface area contributed by atoms with Crippen molar-refractivity contribution in [2.24, 2.45) is 0 Å². The second kappa shape index (κ2) is 17.6. The van der Waals surface area contributed by atoms with Crippen LogP contribution in [0.2, 0.25) is 0 Å². The van der Waals surface area contributed by atoms with Gasteiger partial charge in [0, 0.05) is 49.9 Å². The summed E-state index contributed by atoms with van der Waals surface area (Å²) in [7, 11) is 3.06. The van der Waals surface area contributed by atoms with Crippen molar-refractivity contribution in [3.05, 3.63) is 54.8 Å². The molecule has 1 fully saturated rings. The van der Waals surface area contributed by atoms with E-state index in [0.29, 0.717) is 46.8 Å². The third-order valence-electron chi connectivity index (χ3n) is 8.27. The van der Waals surface area contributed by atoms with Crippen LogP contribution in [0, 0.1) is 0 Å². The highest BCUT2D eigenvalue weighted by atomic mass is 32.3. The van der Waals surface area contributed by atoms with Crippen LogP contribution in [0.15, 0.2) is 43.5 Å². The molecule has 4 aromatic heterocycles. The summed E-state index contributed by atoms with van der Waals surface area (Å²) in [6.45, 7) is 6.86. The summed E-state index contributed by atoms with van der Waals surface area (Å²) in [6, 6.07) is 3.43. The summed E-state index contributed by atoms with van der Waals surface area (Å²) in [5.41, 5.74) is 1.34. The number of carbonyl (C=O) groups excluding carboxylic acids is 1. The molecular weight excluding hydrogens is 720 g/mol. The molecule has 0 amide bonds. The van der Waals surface area contributed by atoms with Gasteiger partial charge in [-0.3, -0.25) is 4.98 Å². The highest BCUT2D eigenvalue weighted by molar-refractivity contribution is 8.13. The minimum atomic E-state index is -1.23. The van der Waals surface area contributed by atoms with E-state index in [9.17, 15) is 16.5 Å². The molecule has 5 rings (SSSR count). The summed E-state index contributed by atoms with van der Waals surface area (Å²) < 4.78 is 73.1. The molecule has 0 unspecified atom stereocenters. The average Bonchev–Trinajstić information content (AvgIpc) is 3.80. The van der Waals surface area contributed by atoms with Crippen LogP contribution in [-0.4, -0.2) is 87.4 Å². The maximum atomic E-state index is 14.4. The first-order valence-electron chi connectivity index (χ1n) is 15.6. The van der Waals surface area contributed by atoms with Crippen molar-refractivity contribution in [3.63, 3.8) is 0 Å². The van der Waals surface area contributed by atoms with Gasteiger partial charge < -0.3 is 23.7 Å². The molecule has 270 valence electrons. The Morgan fingerprint density at radius 1 is 1.04 bits per heavy atom. The third-order valence-corrected chi connectivity index (χ3v) is 9.65. The van der Waals surface area contributed by atoms with E-state index in [1.54, 1.807) is 32.4 Å². The quantitative estimate of drug-likeness (QED) is 0.0441. The number of fused-ring (bicyclic) bond motifs is 1. The van der Waals surface area contributed by atoms with E-state index in [0.717, 1.165) is 3.71 Å². The summed E-state index contributed by atoms with van der Waals surface area (Å²) in [6.07, 6.45) is 7.40. The van der Waals surface area contributed by atoms with E-state index < -0.39 is 11.6 Å². The van der Waals surface area contributed by atoms with Crippen LogP contribution in [0.25, 0.3) is 34.1 Å². The van der Waals surface area contributed by atoms with E-state index >= 15 is 0 Å². The van der Waals surface area contributed by atoms with Crippen LogP contribution in [0.4, 0.5) is 17.5 Å². The highest BCUT2D eigenvalue weighted by Crippen LogP contribution is 2.47. The maximum absolute atomic E-state index is 14.4. The summed E-state index contributed by atoms with van der Waals surface area (Å²) in [5.74, 6) is -0.329. The number of imidazole rings is 1. The van der Waals surface area contributed by atoms with Gasteiger partial charge in [0.15, 0.2) is 59.9 Å². The Morgan fingerprint density at radius 2 is 1.78 bits per heavy atom. The summed E-state index contributed by atoms with van der Waals surface area (Å²) in [4.78, 5) is 27.1. The number of ether oxygens (including phenoxy) is 5. The van der Waals surface area contributed by atoms with Gasteiger partial charge in [-0.15, -0.1) is 11.7 Å². The average molecular weight is 756 g/mol. The first-order valence-corrected chi connectivity index (χ1v) is 17.6. The van der Waals surface area contributed by atoms with Crippen molar-refractivity contribution < 1.29 is 40.1 Å². The molecule has 4 heterocycles. The molecule has 0 aromatic carbocycles. The zero-order chi connectivity index (χ0) is 35.7. The van der Waals surface area contributed by atoms with Crippen molar-refractivity contribution in [2.45, 2.75) is 44.1 Å². The van der Waals surface area contributed by atoms with Gasteiger partial charge in [0.1, 0.15) is 18.1 Å². The Kier molecular flexibility index (Phi) is 13.3. The number of methoxy groups -OCH3 is 2. The topological polar surface area (TPSA) is 127 Å². The fourth-order valence-corrected chi connectivity index (χ4v) is 6.76. The smallest absolute Gasteiger partial charge is 0.338 e. The minimum absolute atomic E-state index is 0.00115. The molecule has 0 aliphatic heterocycles. The molecule has 0 atom stereocenters. The van der Waals surface area contributed by atoms with Gasteiger partial charge in [-0.1, -0.05) is 12.6 Å². The molecule has 4 aromatic rings. The Morgan fingerprint density at radius 3 is 2.42 bits per heavy atom. The molecule has 1 aliphatic carbocycles. The molecule has 0 radical (unpaired) electrons. The van der Waals surface area contributed by atoms with Crippen molar-refractivity contribution in [2.75, 3.05) is 51.0 Å². The normalized spacial score (nSPS) is 17.6. The first kappa shape index (κ1) is 37.8. The monoisotopic (exact) mass is 755 g/mol. The number of pyridine rings is 1. The number of halogens is 3. The summed E-state index contributed by atoms with van der Waals surface area (Å²) in [5, 5.41) is 4.48. The molecule has 1 aliphatic rings. The lowest BCUT2D eigenvalue weighted by molar-refractivity contribution is -0.180. The first-order chi connectivity index (χ1) is 24.4. The molecule has 50 heavy (non-hydrogen) atoms. The molecule has 0 N–H and O–H groups in total. The SMILES string of the molecule is C=C(OCC)c1c(C2CCC(OCCOC)(C(=O)OCCOC)CC2)nc2c(-c3ccc(-c4nccn4SF)nc3)cnn2c1N(SF)SF. The van der Waals surface area contributed by atoms with Crippen LogP contribution >= 0.6 is 37.0 Å². The van der Waals surface area contributed by atoms with Crippen molar-refractivity contribution in [3.8, 4) is 22.6 Å². The van der Waals surface area contributed by atoms with Gasteiger partial charge in [-0.25, -0.2) is 18.7 Å². The number of rotatable bonds is 18. The number of esters is 1. The third kappa shape index (κ3) is 7.86. The predicted octanol–water partition coefficient (Wildman–Crippen LogP) is 7.16. The number of aromatic nitrogens is 6. The number of anilines is 1. The van der Waals surface area contributed by atoms with E-state index in [-0.39, 0.29) is 106 Å². The van der Waals surface area contributed by atoms with E-state index in [1.807, 2.05) is 0 Å². The van der Waals surface area contributed by atoms with E-state index in [1.165, 1.54) is 34.2 Å². The van der Waals surface area contributed by atoms with Crippen molar-refractivity contribution >= 4 is 60.2 Å². The van der Waals surface area contributed by atoms with Gasteiger partial charge in [0.05, 0.1) is 43.9 Å². The molecule has 1 saturated carbocycles. The fraction of sp³-hybridized carbons (Fsp3) is 0.452. The second-order valence-electron chi connectivity index (χ2n) is 11.1. The zero-order valence-electron chi connectivity index (χ0n) is 27.6. The summed E-state index contributed by atoms with van der Waals surface area (Å²) >= 11 is -0.690. The van der Waals surface area contributed by atoms with Crippen LogP contribution in [-0.2, 0) is 28.5 Å². The minimum Gasteiger partial charge on any atom is -0.494 e. The van der Waals surface area contributed by atoms with Gasteiger partial charge in [-0.2, -0.15) is 13.3 Å². The Labute approximate surface area is 300 Å². The fourth-order valence-electron chi connectivity index (χ4n) is 5.90. The second-order valence-corrected chi connectivity index (χ2v) is 12.8. The van der Waals surface area contributed by atoms with Gasteiger partial charge in [0.2, 0.25) is 0 Å². The molecule has 0 bridgehead atoms. The molecular formula is C31H36F3N7O6S3. The lowest BCUT2D eigenvalue weighted by Gasteiger charge is -2.38. The van der Waals surface area contributed by atoms with Crippen molar-refractivity contribution in [1.29, 1.82) is 0 Å². The van der Waals surface area contributed by atoms with Crippen LogP contribution in [0.3, 0.4) is 0 Å². The lowest BCUT2D eigenvalue weighted by atomic mass is 9.76. The van der Waals surface area contributed by atoms with E-state index in [2.05, 4.69) is 21.6 Å². The molecule has 19 heteroatoms. The van der Waals surface area contributed by atoms with Crippen LogP contribution in [0.1, 0.15) is 49.8 Å². The maximum Gasteiger partial charge on any atom is 0.338 e. The molecule has 13 nitrogen and oxygen atoms in total. The number of nitrogens with zero attached hydrogens (tertiary/aromatic N) is 7. The number of hydrogen-bond acceptors (Lipinski definition) is 14.